The average molecular weight is 241 g/mol. The summed E-state index contributed by atoms with van der Waals surface area (Å²) in [4.78, 5) is 13.5. The molecule has 1 unspecified atom stereocenters. The van der Waals surface area contributed by atoms with Crippen LogP contribution in [0.25, 0.3) is 0 Å². The van der Waals surface area contributed by atoms with Crippen molar-refractivity contribution in [3.8, 4) is 0 Å². The van der Waals surface area contributed by atoms with E-state index in [1.165, 1.54) is 38.6 Å². The van der Waals surface area contributed by atoms with E-state index in [-0.39, 0.29) is 5.91 Å². The highest BCUT2D eigenvalue weighted by molar-refractivity contribution is 5.75. The largest absolute Gasteiger partial charge is 0.303 e. The molecule has 4 nitrogen and oxygen atoms in total. The van der Waals surface area contributed by atoms with Crippen molar-refractivity contribution in [2.75, 3.05) is 13.6 Å². The molecule has 4 heteroatoms. The lowest BCUT2D eigenvalue weighted by molar-refractivity contribution is -0.121. The zero-order chi connectivity index (χ0) is 12.7. The fourth-order valence-electron chi connectivity index (χ4n) is 2.59. The van der Waals surface area contributed by atoms with Gasteiger partial charge in [-0.2, -0.15) is 0 Å². The second-order valence-corrected chi connectivity index (χ2v) is 5.40. The van der Waals surface area contributed by atoms with Crippen molar-refractivity contribution in [2.24, 2.45) is 11.8 Å². The molecule has 0 aliphatic heterocycles. The third-order valence-electron chi connectivity index (χ3n) is 3.97. The molecule has 17 heavy (non-hydrogen) atoms. The van der Waals surface area contributed by atoms with Gasteiger partial charge in [0.15, 0.2) is 0 Å². The Morgan fingerprint density at radius 1 is 1.41 bits per heavy atom. The smallest absolute Gasteiger partial charge is 0.233 e. The normalized spacial score (nSPS) is 19.3. The van der Waals surface area contributed by atoms with E-state index in [0.717, 1.165) is 12.3 Å². The topological polar surface area (TPSA) is 58.4 Å². The van der Waals surface area contributed by atoms with Crippen LogP contribution >= 0.6 is 0 Å². The second kappa shape index (κ2) is 7.67. The van der Waals surface area contributed by atoms with Gasteiger partial charge in [-0.3, -0.25) is 10.2 Å². The fourth-order valence-corrected chi connectivity index (χ4v) is 2.59. The molecule has 1 aliphatic carbocycles. The van der Waals surface area contributed by atoms with Gasteiger partial charge in [-0.1, -0.05) is 19.3 Å². The molecule has 1 atom stereocenters. The predicted molar refractivity (Wildman–Crippen MR) is 70.2 cm³/mol. The minimum Gasteiger partial charge on any atom is -0.303 e. The molecule has 100 valence electrons. The summed E-state index contributed by atoms with van der Waals surface area (Å²) >= 11 is 0. The van der Waals surface area contributed by atoms with Crippen LogP contribution in [-0.4, -0.2) is 30.4 Å². The van der Waals surface area contributed by atoms with E-state index in [1.807, 2.05) is 0 Å². The molecule has 0 spiro atoms. The fraction of sp³-hybridized carbons (Fsp3) is 0.923. The molecule has 0 saturated heterocycles. The first-order valence-electron chi connectivity index (χ1n) is 6.83. The van der Waals surface area contributed by atoms with Crippen molar-refractivity contribution in [3.05, 3.63) is 0 Å². The third kappa shape index (κ3) is 5.50. The first-order chi connectivity index (χ1) is 8.13. The number of carbonyl (C=O) groups is 1. The van der Waals surface area contributed by atoms with E-state index in [1.54, 1.807) is 0 Å². The summed E-state index contributed by atoms with van der Waals surface area (Å²) in [5.74, 6) is 5.86. The Morgan fingerprint density at radius 3 is 2.65 bits per heavy atom. The molecular formula is C13H27N3O. The first kappa shape index (κ1) is 14.5. The number of nitrogens with one attached hydrogen (secondary N) is 1. The molecular weight excluding hydrogens is 214 g/mol. The molecule has 0 aromatic heterocycles. The summed E-state index contributed by atoms with van der Waals surface area (Å²) in [5.41, 5.74) is 2.18. The molecule has 1 saturated carbocycles. The Balaban J connectivity index is 2.20. The van der Waals surface area contributed by atoms with E-state index in [2.05, 4.69) is 24.3 Å². The molecule has 1 amide bonds. The number of hydrogen-bond donors (Lipinski definition) is 2. The van der Waals surface area contributed by atoms with Crippen LogP contribution in [-0.2, 0) is 4.79 Å². The highest BCUT2D eigenvalue weighted by Gasteiger charge is 2.18. The van der Waals surface area contributed by atoms with Gasteiger partial charge in [-0.25, -0.2) is 5.84 Å². The van der Waals surface area contributed by atoms with Crippen LogP contribution in [0.1, 0.15) is 51.9 Å². The van der Waals surface area contributed by atoms with Crippen LogP contribution < -0.4 is 11.3 Å². The molecule has 1 rings (SSSR count). The summed E-state index contributed by atoms with van der Waals surface area (Å²) in [5, 5.41) is 0. The monoisotopic (exact) mass is 241 g/mol. The number of nitrogens with zero attached hydrogens (tertiary/aromatic N) is 1. The van der Waals surface area contributed by atoms with Crippen molar-refractivity contribution >= 4 is 5.91 Å². The van der Waals surface area contributed by atoms with Gasteiger partial charge in [-0.05, 0) is 39.2 Å². The predicted octanol–water partition coefficient (Wildman–Crippen LogP) is 1.66. The summed E-state index contributed by atoms with van der Waals surface area (Å²) in [6.07, 6.45) is 8.34. The third-order valence-corrected chi connectivity index (χ3v) is 3.97. The van der Waals surface area contributed by atoms with Gasteiger partial charge in [0.25, 0.3) is 0 Å². The van der Waals surface area contributed by atoms with Gasteiger partial charge in [0.2, 0.25) is 5.91 Å². The Morgan fingerprint density at radius 2 is 2.06 bits per heavy atom. The first-order valence-corrected chi connectivity index (χ1v) is 6.83. The number of amides is 1. The Labute approximate surface area is 105 Å². The summed E-state index contributed by atoms with van der Waals surface area (Å²) in [7, 11) is 2.17. The molecule has 0 heterocycles. The highest BCUT2D eigenvalue weighted by atomic mass is 16.2. The summed E-state index contributed by atoms with van der Waals surface area (Å²) in [6, 6.07) is 0.453. The number of rotatable bonds is 6. The molecule has 1 aliphatic rings. The summed E-state index contributed by atoms with van der Waals surface area (Å²) < 4.78 is 0. The lowest BCUT2D eigenvalue weighted by Gasteiger charge is -2.31. The van der Waals surface area contributed by atoms with Gasteiger partial charge in [0.05, 0.1) is 0 Å². The average Bonchev–Trinajstić information content (AvgIpc) is 2.36. The maximum Gasteiger partial charge on any atom is 0.233 e. The van der Waals surface area contributed by atoms with E-state index in [0.29, 0.717) is 12.5 Å². The zero-order valence-electron chi connectivity index (χ0n) is 11.2. The Kier molecular flexibility index (Phi) is 6.52. The van der Waals surface area contributed by atoms with Gasteiger partial charge in [0, 0.05) is 19.0 Å². The number of hydrogen-bond acceptors (Lipinski definition) is 3. The van der Waals surface area contributed by atoms with Crippen molar-refractivity contribution in [1.29, 1.82) is 0 Å². The molecule has 1 fully saturated rings. The SMILES string of the molecule is CC(CCC(=O)NN)N(C)CC1CCCCC1. The lowest BCUT2D eigenvalue weighted by Crippen LogP contribution is -2.36. The van der Waals surface area contributed by atoms with Crippen molar-refractivity contribution in [1.82, 2.24) is 10.3 Å². The van der Waals surface area contributed by atoms with Gasteiger partial charge in [-0.15, -0.1) is 0 Å². The Hall–Kier alpha value is -0.610. The summed E-state index contributed by atoms with van der Waals surface area (Å²) in [6.45, 7) is 3.36. The van der Waals surface area contributed by atoms with Crippen molar-refractivity contribution < 1.29 is 4.79 Å². The standard InChI is InChI=1S/C13H27N3O/c1-11(8-9-13(17)15-14)16(2)10-12-6-4-3-5-7-12/h11-12H,3-10,14H2,1-2H3,(H,15,17). The Bertz CT molecular complexity index is 227. The van der Waals surface area contributed by atoms with Crippen LogP contribution in [0.5, 0.6) is 0 Å². The minimum absolute atomic E-state index is 0.0667. The maximum atomic E-state index is 11.1. The van der Waals surface area contributed by atoms with Crippen LogP contribution in [0.15, 0.2) is 0 Å². The molecule has 3 N–H and O–H groups in total. The maximum absolute atomic E-state index is 11.1. The quantitative estimate of drug-likeness (QED) is 0.422. The van der Waals surface area contributed by atoms with E-state index in [9.17, 15) is 4.79 Å². The van der Waals surface area contributed by atoms with E-state index >= 15 is 0 Å². The molecule has 0 bridgehead atoms. The van der Waals surface area contributed by atoms with Crippen molar-refractivity contribution in [3.63, 3.8) is 0 Å². The minimum atomic E-state index is -0.0667. The van der Waals surface area contributed by atoms with Crippen molar-refractivity contribution in [2.45, 2.75) is 57.9 Å². The molecule has 0 aromatic rings. The van der Waals surface area contributed by atoms with Crippen LogP contribution in [0.3, 0.4) is 0 Å². The van der Waals surface area contributed by atoms with Crippen LogP contribution in [0, 0.1) is 5.92 Å². The van der Waals surface area contributed by atoms with E-state index < -0.39 is 0 Å². The van der Waals surface area contributed by atoms with Gasteiger partial charge in [0.1, 0.15) is 0 Å². The zero-order valence-corrected chi connectivity index (χ0v) is 11.2. The van der Waals surface area contributed by atoms with Gasteiger partial charge < -0.3 is 4.90 Å². The number of carbonyl (C=O) groups excluding carboxylic acids is 1. The molecule has 0 radical (unpaired) electrons. The van der Waals surface area contributed by atoms with Crippen LogP contribution in [0.4, 0.5) is 0 Å². The van der Waals surface area contributed by atoms with E-state index in [4.69, 9.17) is 5.84 Å². The second-order valence-electron chi connectivity index (χ2n) is 5.40. The highest BCUT2D eigenvalue weighted by Crippen LogP contribution is 2.24. The lowest BCUT2D eigenvalue weighted by atomic mass is 9.88. The number of hydrazine groups is 1. The molecule has 0 aromatic carbocycles. The number of nitrogens with two attached hydrogens (primary N) is 1. The van der Waals surface area contributed by atoms with Gasteiger partial charge >= 0.3 is 0 Å². The van der Waals surface area contributed by atoms with Crippen LogP contribution in [0.2, 0.25) is 0 Å².